The molecule has 4 aromatic rings. The average Bonchev–Trinajstić information content (AvgIpc) is 3.10. The van der Waals surface area contributed by atoms with E-state index in [1.54, 1.807) is 17.2 Å². The Morgan fingerprint density at radius 1 is 1.08 bits per heavy atom. The number of benzene rings is 2. The van der Waals surface area contributed by atoms with Crippen LogP contribution < -0.4 is 5.32 Å². The first-order chi connectivity index (χ1) is 12.7. The van der Waals surface area contributed by atoms with Gasteiger partial charge in [-0.1, -0.05) is 48.0 Å². The van der Waals surface area contributed by atoms with E-state index in [1.807, 2.05) is 31.2 Å². The third-order valence-corrected chi connectivity index (χ3v) is 4.72. The molecule has 0 bridgehead atoms. The second kappa shape index (κ2) is 7.14. The molecule has 6 heteroatoms. The molecular weight excluding hydrogens is 346 g/mol. The molecule has 2 aromatic heterocycles. The molecule has 0 aliphatic rings. The summed E-state index contributed by atoms with van der Waals surface area (Å²) in [4.78, 5) is 8.78. The van der Waals surface area contributed by atoms with E-state index in [1.165, 1.54) is 5.56 Å². The van der Waals surface area contributed by atoms with Gasteiger partial charge in [0.05, 0.1) is 17.3 Å². The molecule has 0 fully saturated rings. The summed E-state index contributed by atoms with van der Waals surface area (Å²) in [5.74, 6) is 0.787. The zero-order valence-electron chi connectivity index (χ0n) is 14.4. The van der Waals surface area contributed by atoms with Gasteiger partial charge >= 0.3 is 0 Å². The topological polar surface area (TPSA) is 55.6 Å². The third kappa shape index (κ3) is 3.26. The highest BCUT2D eigenvalue weighted by molar-refractivity contribution is 6.31. The van der Waals surface area contributed by atoms with Crippen molar-refractivity contribution in [3.63, 3.8) is 0 Å². The molecule has 2 heterocycles. The first-order valence-corrected chi connectivity index (χ1v) is 8.83. The molecule has 0 aliphatic heterocycles. The highest BCUT2D eigenvalue weighted by Gasteiger charge is 2.11. The Kier molecular flexibility index (Phi) is 4.54. The molecule has 0 aliphatic carbocycles. The second-order valence-corrected chi connectivity index (χ2v) is 6.52. The van der Waals surface area contributed by atoms with Crippen molar-refractivity contribution in [2.75, 3.05) is 11.9 Å². The maximum Gasteiger partial charge on any atom is 0.168 e. The zero-order chi connectivity index (χ0) is 17.9. The normalized spacial score (nSPS) is 11.0. The fourth-order valence-electron chi connectivity index (χ4n) is 2.86. The van der Waals surface area contributed by atoms with Crippen molar-refractivity contribution in [3.8, 4) is 5.69 Å². The molecule has 4 rings (SSSR count). The molecule has 5 nitrogen and oxygen atoms in total. The van der Waals surface area contributed by atoms with Crippen LogP contribution in [0.3, 0.4) is 0 Å². The molecule has 0 saturated heterocycles. The van der Waals surface area contributed by atoms with E-state index in [0.29, 0.717) is 5.02 Å². The summed E-state index contributed by atoms with van der Waals surface area (Å²) in [6.45, 7) is 2.77. The zero-order valence-corrected chi connectivity index (χ0v) is 15.1. The third-order valence-electron chi connectivity index (χ3n) is 4.31. The molecule has 0 atom stereocenters. The number of nitrogens with zero attached hydrogens (tertiary/aromatic N) is 4. The van der Waals surface area contributed by atoms with Crippen LogP contribution in [-0.2, 0) is 6.42 Å². The van der Waals surface area contributed by atoms with Crippen molar-refractivity contribution in [1.29, 1.82) is 0 Å². The molecule has 2 aromatic carbocycles. The lowest BCUT2D eigenvalue weighted by atomic mass is 10.1. The minimum Gasteiger partial charge on any atom is -0.369 e. The minimum absolute atomic E-state index is 0.710. The minimum atomic E-state index is 0.710. The van der Waals surface area contributed by atoms with Gasteiger partial charge in [0.1, 0.15) is 12.1 Å². The number of fused-ring (bicyclic) bond motifs is 1. The van der Waals surface area contributed by atoms with Gasteiger partial charge < -0.3 is 5.32 Å². The maximum atomic E-state index is 6.25. The summed E-state index contributed by atoms with van der Waals surface area (Å²) in [6.07, 6.45) is 4.27. The van der Waals surface area contributed by atoms with Crippen LogP contribution in [0.15, 0.2) is 61.1 Å². The predicted octanol–water partition coefficient (Wildman–Crippen LogP) is 4.43. The summed E-state index contributed by atoms with van der Waals surface area (Å²) in [6, 6.07) is 16.2. The molecule has 130 valence electrons. The summed E-state index contributed by atoms with van der Waals surface area (Å²) in [7, 11) is 0. The van der Waals surface area contributed by atoms with E-state index in [9.17, 15) is 0 Å². The predicted molar refractivity (Wildman–Crippen MR) is 105 cm³/mol. The average molecular weight is 364 g/mol. The van der Waals surface area contributed by atoms with E-state index in [-0.39, 0.29) is 0 Å². The van der Waals surface area contributed by atoms with Crippen LogP contribution in [0.25, 0.3) is 16.7 Å². The molecule has 0 unspecified atom stereocenters. The van der Waals surface area contributed by atoms with Crippen molar-refractivity contribution in [2.45, 2.75) is 13.3 Å². The number of halogens is 1. The number of aryl methyl sites for hydroxylation is 1. The Hall–Kier alpha value is -2.92. The Morgan fingerprint density at radius 2 is 1.92 bits per heavy atom. The van der Waals surface area contributed by atoms with Gasteiger partial charge in [-0.15, -0.1) is 0 Å². The second-order valence-electron chi connectivity index (χ2n) is 6.11. The summed E-state index contributed by atoms with van der Waals surface area (Å²) >= 11 is 6.25. The fourth-order valence-corrected chi connectivity index (χ4v) is 3.03. The highest BCUT2D eigenvalue weighted by Crippen LogP contribution is 2.24. The van der Waals surface area contributed by atoms with Crippen LogP contribution in [0.1, 0.15) is 11.1 Å². The fraction of sp³-hybridized carbons (Fsp3) is 0.150. The van der Waals surface area contributed by atoms with Gasteiger partial charge in [-0.05, 0) is 36.6 Å². The van der Waals surface area contributed by atoms with E-state index in [4.69, 9.17) is 11.6 Å². The van der Waals surface area contributed by atoms with Gasteiger partial charge in [-0.2, -0.15) is 5.10 Å². The first-order valence-electron chi connectivity index (χ1n) is 8.45. The number of nitrogens with one attached hydrogen (secondary N) is 1. The monoisotopic (exact) mass is 363 g/mol. The maximum absolute atomic E-state index is 6.25. The molecule has 26 heavy (non-hydrogen) atoms. The molecular formula is C20H18ClN5. The van der Waals surface area contributed by atoms with Gasteiger partial charge in [-0.25, -0.2) is 14.6 Å². The van der Waals surface area contributed by atoms with E-state index in [2.05, 4.69) is 44.6 Å². The van der Waals surface area contributed by atoms with Gasteiger partial charge in [0.15, 0.2) is 5.65 Å². The van der Waals surface area contributed by atoms with Crippen LogP contribution in [0, 0.1) is 6.92 Å². The number of hydrogen-bond donors (Lipinski definition) is 1. The number of rotatable bonds is 5. The molecule has 0 radical (unpaired) electrons. The van der Waals surface area contributed by atoms with Crippen molar-refractivity contribution in [2.24, 2.45) is 0 Å². The summed E-state index contributed by atoms with van der Waals surface area (Å²) in [5.41, 5.74) is 3.95. The Balaban J connectivity index is 1.59. The van der Waals surface area contributed by atoms with Gasteiger partial charge in [0.25, 0.3) is 0 Å². The van der Waals surface area contributed by atoms with Crippen LogP contribution >= 0.6 is 11.6 Å². The van der Waals surface area contributed by atoms with Crippen LogP contribution in [0.4, 0.5) is 5.82 Å². The highest BCUT2D eigenvalue weighted by atomic mass is 35.5. The van der Waals surface area contributed by atoms with Gasteiger partial charge in [0.2, 0.25) is 0 Å². The van der Waals surface area contributed by atoms with Crippen molar-refractivity contribution in [3.05, 3.63) is 77.2 Å². The van der Waals surface area contributed by atoms with E-state index >= 15 is 0 Å². The smallest absolute Gasteiger partial charge is 0.168 e. The molecule has 0 spiro atoms. The lowest BCUT2D eigenvalue weighted by molar-refractivity contribution is 0.894. The largest absolute Gasteiger partial charge is 0.369 e. The lowest BCUT2D eigenvalue weighted by Gasteiger charge is -2.08. The standard InChI is InChI=1S/C20H18ClN5/c1-14-7-8-16(11-18(14)21)26-20-17(12-25-26)19(23-13-24-20)22-10-9-15-5-3-2-4-6-15/h2-8,11-13H,9-10H2,1H3,(H,22,23,24). The quantitative estimate of drug-likeness (QED) is 0.569. The van der Waals surface area contributed by atoms with Crippen LogP contribution in [-0.4, -0.2) is 26.3 Å². The summed E-state index contributed by atoms with van der Waals surface area (Å²) in [5, 5.41) is 9.47. The molecule has 1 N–H and O–H groups in total. The number of hydrogen-bond acceptors (Lipinski definition) is 4. The number of anilines is 1. The van der Waals surface area contributed by atoms with Crippen LogP contribution in [0.5, 0.6) is 0 Å². The lowest BCUT2D eigenvalue weighted by Crippen LogP contribution is -2.07. The Bertz CT molecular complexity index is 1040. The Morgan fingerprint density at radius 3 is 2.73 bits per heavy atom. The van der Waals surface area contributed by atoms with Gasteiger partial charge in [-0.3, -0.25) is 0 Å². The SMILES string of the molecule is Cc1ccc(-n2ncc3c(NCCc4ccccc4)ncnc32)cc1Cl. The molecule has 0 saturated carbocycles. The van der Waals surface area contributed by atoms with E-state index in [0.717, 1.165) is 41.1 Å². The van der Waals surface area contributed by atoms with Crippen molar-refractivity contribution >= 4 is 28.5 Å². The molecule has 0 amide bonds. The number of aromatic nitrogens is 4. The Labute approximate surface area is 156 Å². The van der Waals surface area contributed by atoms with E-state index < -0.39 is 0 Å². The van der Waals surface area contributed by atoms with Gasteiger partial charge in [0, 0.05) is 11.6 Å². The summed E-state index contributed by atoms with van der Waals surface area (Å²) < 4.78 is 1.78. The van der Waals surface area contributed by atoms with Crippen molar-refractivity contribution < 1.29 is 0 Å². The first kappa shape index (κ1) is 16.5. The van der Waals surface area contributed by atoms with Crippen LogP contribution in [0.2, 0.25) is 5.02 Å². The van der Waals surface area contributed by atoms with Crippen molar-refractivity contribution in [1.82, 2.24) is 19.7 Å².